The standard InChI is InChI=1S/C5H6NOS/c7-2-1-5-3-6-8-4-5/h3-4H,1-2H2. The van der Waals surface area contributed by atoms with Crippen LogP contribution in [0.1, 0.15) is 5.56 Å². The molecule has 0 spiro atoms. The molecule has 1 radical (unpaired) electrons. The molecule has 3 heteroatoms. The summed E-state index contributed by atoms with van der Waals surface area (Å²) >= 11 is 1.39. The van der Waals surface area contributed by atoms with Crippen LogP contribution in [0.3, 0.4) is 0 Å². The van der Waals surface area contributed by atoms with E-state index < -0.39 is 0 Å². The summed E-state index contributed by atoms with van der Waals surface area (Å²) in [4.78, 5) is 0. The minimum atomic E-state index is -0.0294. The second-order valence-corrected chi connectivity index (χ2v) is 2.14. The zero-order valence-corrected chi connectivity index (χ0v) is 5.15. The lowest BCUT2D eigenvalue weighted by Crippen LogP contribution is -1.84. The molecule has 1 aromatic rings. The van der Waals surface area contributed by atoms with Crippen molar-refractivity contribution in [3.63, 3.8) is 0 Å². The van der Waals surface area contributed by atoms with Gasteiger partial charge in [0.1, 0.15) is 0 Å². The monoisotopic (exact) mass is 128 g/mol. The van der Waals surface area contributed by atoms with Crippen molar-refractivity contribution in [2.45, 2.75) is 6.42 Å². The molecule has 0 aliphatic rings. The molecule has 0 saturated heterocycles. The first-order chi connectivity index (χ1) is 3.93. The summed E-state index contributed by atoms with van der Waals surface area (Å²) in [5.74, 6) is 0. The molecule has 0 fully saturated rings. The van der Waals surface area contributed by atoms with E-state index in [0.29, 0.717) is 6.42 Å². The van der Waals surface area contributed by atoms with Gasteiger partial charge in [-0.05, 0) is 17.1 Å². The van der Waals surface area contributed by atoms with E-state index in [2.05, 4.69) is 4.37 Å². The van der Waals surface area contributed by atoms with Crippen molar-refractivity contribution in [1.29, 1.82) is 0 Å². The molecular formula is C5H6NOS. The molecule has 0 amide bonds. The van der Waals surface area contributed by atoms with Crippen LogP contribution in [0.2, 0.25) is 0 Å². The van der Waals surface area contributed by atoms with E-state index in [1.807, 2.05) is 5.38 Å². The van der Waals surface area contributed by atoms with Crippen molar-refractivity contribution < 1.29 is 5.11 Å². The molecule has 0 aromatic carbocycles. The fraction of sp³-hybridized carbons (Fsp3) is 0.400. The summed E-state index contributed by atoms with van der Waals surface area (Å²) in [5.41, 5.74) is 1.06. The average Bonchev–Trinajstić information content (AvgIpc) is 2.19. The fourth-order valence-corrected chi connectivity index (χ4v) is 1.04. The predicted molar refractivity (Wildman–Crippen MR) is 31.4 cm³/mol. The first-order valence-corrected chi connectivity index (χ1v) is 3.23. The Kier molecular flexibility index (Phi) is 2.00. The Morgan fingerprint density at radius 3 is 3.12 bits per heavy atom. The number of hydrogen-bond donors (Lipinski definition) is 0. The predicted octanol–water partition coefficient (Wildman–Crippen LogP) is 1.12. The maximum atomic E-state index is 9.97. The summed E-state index contributed by atoms with van der Waals surface area (Å²) in [6, 6.07) is 0. The molecule has 1 rings (SSSR count). The van der Waals surface area contributed by atoms with E-state index in [9.17, 15) is 5.11 Å². The molecule has 8 heavy (non-hydrogen) atoms. The van der Waals surface area contributed by atoms with Gasteiger partial charge in [0, 0.05) is 18.0 Å². The van der Waals surface area contributed by atoms with Gasteiger partial charge >= 0.3 is 0 Å². The van der Waals surface area contributed by atoms with Gasteiger partial charge in [-0.25, -0.2) is 9.48 Å². The third kappa shape index (κ3) is 1.28. The van der Waals surface area contributed by atoms with Crippen LogP contribution in [-0.2, 0) is 11.5 Å². The lowest BCUT2D eigenvalue weighted by Gasteiger charge is -1.82. The van der Waals surface area contributed by atoms with E-state index >= 15 is 0 Å². The first kappa shape index (κ1) is 5.72. The Morgan fingerprint density at radius 2 is 2.62 bits per heavy atom. The summed E-state index contributed by atoms with van der Waals surface area (Å²) in [5, 5.41) is 11.9. The second kappa shape index (κ2) is 2.79. The van der Waals surface area contributed by atoms with Crippen molar-refractivity contribution in [2.75, 3.05) is 6.61 Å². The second-order valence-electron chi connectivity index (χ2n) is 1.49. The van der Waals surface area contributed by atoms with Crippen LogP contribution in [0.25, 0.3) is 0 Å². The van der Waals surface area contributed by atoms with Gasteiger partial charge in [0.05, 0.1) is 6.61 Å². The van der Waals surface area contributed by atoms with E-state index in [0.717, 1.165) is 5.56 Å². The molecule has 0 atom stereocenters. The van der Waals surface area contributed by atoms with Crippen molar-refractivity contribution in [3.8, 4) is 0 Å². The molecule has 0 saturated carbocycles. The van der Waals surface area contributed by atoms with Crippen LogP contribution in [-0.4, -0.2) is 11.0 Å². The average molecular weight is 128 g/mol. The first-order valence-electron chi connectivity index (χ1n) is 2.40. The molecule has 0 N–H and O–H groups in total. The van der Waals surface area contributed by atoms with Crippen LogP contribution in [0.5, 0.6) is 0 Å². The highest BCUT2D eigenvalue weighted by Crippen LogP contribution is 2.00. The number of rotatable bonds is 2. The van der Waals surface area contributed by atoms with Gasteiger partial charge in [-0.15, -0.1) is 0 Å². The molecule has 0 aliphatic carbocycles. The van der Waals surface area contributed by atoms with E-state index in [1.165, 1.54) is 11.5 Å². The topological polar surface area (TPSA) is 32.8 Å². The molecule has 0 aliphatic heterocycles. The van der Waals surface area contributed by atoms with Gasteiger partial charge in [0.2, 0.25) is 0 Å². The normalized spacial score (nSPS) is 9.62. The van der Waals surface area contributed by atoms with Crippen molar-refractivity contribution in [2.24, 2.45) is 0 Å². The summed E-state index contributed by atoms with van der Waals surface area (Å²) < 4.78 is 3.84. The molecule has 1 heterocycles. The van der Waals surface area contributed by atoms with Gasteiger partial charge in [-0.3, -0.25) is 0 Å². The van der Waals surface area contributed by atoms with Gasteiger partial charge in [-0.1, -0.05) is 0 Å². The van der Waals surface area contributed by atoms with Gasteiger partial charge in [0.25, 0.3) is 0 Å². The third-order valence-electron chi connectivity index (χ3n) is 0.874. The summed E-state index contributed by atoms with van der Waals surface area (Å²) in [7, 11) is 0. The lowest BCUT2D eigenvalue weighted by molar-refractivity contribution is 0.197. The summed E-state index contributed by atoms with van der Waals surface area (Å²) in [6.45, 7) is -0.0294. The minimum absolute atomic E-state index is 0.0294. The molecule has 0 unspecified atom stereocenters. The molecular weight excluding hydrogens is 122 g/mol. The Morgan fingerprint density at radius 1 is 1.75 bits per heavy atom. The third-order valence-corrected chi connectivity index (χ3v) is 1.51. The molecule has 2 nitrogen and oxygen atoms in total. The minimum Gasteiger partial charge on any atom is -0.236 e. The highest BCUT2D eigenvalue weighted by molar-refractivity contribution is 7.03. The van der Waals surface area contributed by atoms with Crippen molar-refractivity contribution in [1.82, 2.24) is 4.37 Å². The maximum absolute atomic E-state index is 9.97. The van der Waals surface area contributed by atoms with Crippen LogP contribution >= 0.6 is 11.5 Å². The summed E-state index contributed by atoms with van der Waals surface area (Å²) in [6.07, 6.45) is 2.36. The van der Waals surface area contributed by atoms with E-state index in [4.69, 9.17) is 0 Å². The fourth-order valence-electron chi connectivity index (χ4n) is 0.468. The Hall–Kier alpha value is -0.410. The van der Waals surface area contributed by atoms with Crippen LogP contribution in [0.15, 0.2) is 11.6 Å². The quantitative estimate of drug-likeness (QED) is 0.587. The van der Waals surface area contributed by atoms with E-state index in [1.54, 1.807) is 6.20 Å². The van der Waals surface area contributed by atoms with Crippen LogP contribution in [0.4, 0.5) is 0 Å². The molecule has 1 aromatic heterocycles. The highest BCUT2D eigenvalue weighted by atomic mass is 32.1. The Bertz CT molecular complexity index is 138. The van der Waals surface area contributed by atoms with E-state index in [-0.39, 0.29) is 6.61 Å². The lowest BCUT2D eigenvalue weighted by atomic mass is 10.3. The highest BCUT2D eigenvalue weighted by Gasteiger charge is 1.89. The van der Waals surface area contributed by atoms with Crippen LogP contribution < -0.4 is 0 Å². The zero-order valence-electron chi connectivity index (χ0n) is 4.33. The Labute approximate surface area is 52.0 Å². The number of hydrogen-bond acceptors (Lipinski definition) is 2. The van der Waals surface area contributed by atoms with Gasteiger partial charge in [-0.2, -0.15) is 0 Å². The molecule has 0 bridgehead atoms. The number of aromatic nitrogens is 1. The zero-order chi connectivity index (χ0) is 5.82. The van der Waals surface area contributed by atoms with Crippen LogP contribution in [0, 0.1) is 0 Å². The van der Waals surface area contributed by atoms with Gasteiger partial charge in [0.15, 0.2) is 0 Å². The van der Waals surface area contributed by atoms with Crippen molar-refractivity contribution >= 4 is 11.5 Å². The number of nitrogens with zero attached hydrogens (tertiary/aromatic N) is 1. The van der Waals surface area contributed by atoms with Crippen molar-refractivity contribution in [3.05, 3.63) is 17.1 Å². The molecule has 43 valence electrons. The largest absolute Gasteiger partial charge is 0.236 e. The maximum Gasteiger partial charge on any atom is 0.0863 e. The SMILES string of the molecule is [O]CCc1cnsc1. The van der Waals surface area contributed by atoms with Gasteiger partial charge < -0.3 is 0 Å². The Balaban J connectivity index is 2.50. The smallest absolute Gasteiger partial charge is 0.0863 e.